The molecule has 0 radical (unpaired) electrons. The van der Waals surface area contributed by atoms with Gasteiger partial charge in [0.2, 0.25) is 0 Å². The zero-order valence-corrected chi connectivity index (χ0v) is 16.3. The van der Waals surface area contributed by atoms with E-state index in [1.807, 2.05) is 0 Å². The number of aromatic amines is 1. The fourth-order valence-electron chi connectivity index (χ4n) is 3.96. The van der Waals surface area contributed by atoms with Gasteiger partial charge in [-0.3, -0.25) is 4.90 Å². The van der Waals surface area contributed by atoms with Crippen molar-refractivity contribution in [3.63, 3.8) is 0 Å². The Morgan fingerprint density at radius 3 is 2.57 bits per heavy atom. The summed E-state index contributed by atoms with van der Waals surface area (Å²) < 4.78 is 5.98. The van der Waals surface area contributed by atoms with Crippen LogP contribution in [0.5, 0.6) is 5.75 Å². The topological polar surface area (TPSA) is 66.9 Å². The fourth-order valence-corrected chi connectivity index (χ4v) is 3.96. The van der Waals surface area contributed by atoms with Gasteiger partial charge >= 0.3 is 0 Å². The zero-order chi connectivity index (χ0) is 19.2. The van der Waals surface area contributed by atoms with Gasteiger partial charge in [-0.15, -0.1) is 5.10 Å². The van der Waals surface area contributed by atoms with Crippen LogP contribution in [0.2, 0.25) is 0 Å². The zero-order valence-electron chi connectivity index (χ0n) is 16.3. The lowest BCUT2D eigenvalue weighted by Crippen LogP contribution is -2.42. The van der Waals surface area contributed by atoms with Crippen LogP contribution < -0.4 is 4.74 Å². The Labute approximate surface area is 165 Å². The van der Waals surface area contributed by atoms with E-state index in [0.29, 0.717) is 18.6 Å². The maximum absolute atomic E-state index is 5.98. The second-order valence-electron chi connectivity index (χ2n) is 7.55. The van der Waals surface area contributed by atoms with Crippen LogP contribution in [0.1, 0.15) is 42.6 Å². The highest BCUT2D eigenvalue weighted by Gasteiger charge is 2.28. The molecule has 6 nitrogen and oxygen atoms in total. The van der Waals surface area contributed by atoms with Gasteiger partial charge in [0.25, 0.3) is 0 Å². The first-order valence-electron chi connectivity index (χ1n) is 10.0. The maximum atomic E-state index is 5.98. The summed E-state index contributed by atoms with van der Waals surface area (Å²) in [7, 11) is 0. The first kappa shape index (κ1) is 18.6. The molecule has 0 saturated carbocycles. The summed E-state index contributed by atoms with van der Waals surface area (Å²) in [6.45, 7) is 4.96. The molecule has 2 aromatic carbocycles. The van der Waals surface area contributed by atoms with Gasteiger partial charge in [0.1, 0.15) is 12.4 Å². The standard InChI is InChI=1S/C22H27N5O/c1-17-15-20(22-23-25-26-24-22)11-12-27(17)13-14-28-21-9-7-19(8-10-21)16-18-5-3-2-4-6-18/h2-10,17,20H,11-16H2,1H3,(H,23,24,25,26). The van der Waals surface area contributed by atoms with Crippen LogP contribution in [-0.4, -0.2) is 51.3 Å². The molecule has 0 aliphatic carbocycles. The lowest BCUT2D eigenvalue weighted by Gasteiger charge is -2.36. The molecule has 4 rings (SSSR count). The van der Waals surface area contributed by atoms with Gasteiger partial charge < -0.3 is 4.74 Å². The van der Waals surface area contributed by atoms with E-state index in [-0.39, 0.29) is 0 Å². The lowest BCUT2D eigenvalue weighted by atomic mass is 9.91. The minimum Gasteiger partial charge on any atom is -0.492 e. The van der Waals surface area contributed by atoms with Crippen molar-refractivity contribution in [2.24, 2.45) is 0 Å². The average molecular weight is 377 g/mol. The minimum absolute atomic E-state index is 0.430. The SMILES string of the molecule is CC1CC(c2nnn[nH]2)CCN1CCOc1ccc(Cc2ccccc2)cc1. The first-order chi connectivity index (χ1) is 13.8. The highest BCUT2D eigenvalue weighted by molar-refractivity contribution is 5.31. The van der Waals surface area contributed by atoms with E-state index in [0.717, 1.165) is 43.9 Å². The fraction of sp³-hybridized carbons (Fsp3) is 0.409. The second-order valence-corrected chi connectivity index (χ2v) is 7.55. The molecular formula is C22H27N5O. The number of nitrogens with zero attached hydrogens (tertiary/aromatic N) is 4. The van der Waals surface area contributed by atoms with Crippen molar-refractivity contribution in [3.8, 4) is 5.75 Å². The molecule has 1 N–H and O–H groups in total. The quantitative estimate of drug-likeness (QED) is 0.683. The van der Waals surface area contributed by atoms with E-state index in [2.05, 4.69) is 87.0 Å². The van der Waals surface area contributed by atoms with E-state index in [4.69, 9.17) is 4.74 Å². The Bertz CT molecular complexity index is 835. The van der Waals surface area contributed by atoms with Crippen molar-refractivity contribution in [2.75, 3.05) is 19.7 Å². The first-order valence-corrected chi connectivity index (χ1v) is 10.0. The number of benzene rings is 2. The molecule has 2 unspecified atom stereocenters. The molecule has 1 aliphatic rings. The summed E-state index contributed by atoms with van der Waals surface area (Å²) in [5.74, 6) is 2.28. The molecule has 3 aromatic rings. The monoisotopic (exact) mass is 377 g/mol. The van der Waals surface area contributed by atoms with Gasteiger partial charge in [-0.05, 0) is 66.4 Å². The van der Waals surface area contributed by atoms with Crippen LogP contribution in [0.15, 0.2) is 54.6 Å². The normalized spacial score (nSPS) is 20.2. The van der Waals surface area contributed by atoms with Crippen molar-refractivity contribution in [1.82, 2.24) is 25.5 Å². The molecule has 1 aliphatic heterocycles. The number of hydrogen-bond acceptors (Lipinski definition) is 5. The number of likely N-dealkylation sites (tertiary alicyclic amines) is 1. The molecule has 0 bridgehead atoms. The smallest absolute Gasteiger partial charge is 0.151 e. The third-order valence-electron chi connectivity index (χ3n) is 5.58. The molecule has 1 fully saturated rings. The molecule has 0 amide bonds. The van der Waals surface area contributed by atoms with Crippen molar-refractivity contribution in [2.45, 2.75) is 38.1 Å². The molecule has 28 heavy (non-hydrogen) atoms. The van der Waals surface area contributed by atoms with Crippen molar-refractivity contribution in [1.29, 1.82) is 0 Å². The number of piperidine rings is 1. The molecule has 146 valence electrons. The highest BCUT2D eigenvalue weighted by Crippen LogP contribution is 2.28. The number of rotatable bonds is 7. The summed E-state index contributed by atoms with van der Waals surface area (Å²) >= 11 is 0. The molecule has 2 heterocycles. The van der Waals surface area contributed by atoms with Gasteiger partial charge in [0, 0.05) is 18.5 Å². The summed E-state index contributed by atoms with van der Waals surface area (Å²) in [5, 5.41) is 14.4. The van der Waals surface area contributed by atoms with E-state index >= 15 is 0 Å². The third kappa shape index (κ3) is 4.75. The Balaban J connectivity index is 1.22. The molecule has 6 heteroatoms. The summed E-state index contributed by atoms with van der Waals surface area (Å²) in [5.41, 5.74) is 2.63. The lowest BCUT2D eigenvalue weighted by molar-refractivity contribution is 0.121. The number of tetrazole rings is 1. The molecule has 2 atom stereocenters. The molecule has 1 aromatic heterocycles. The largest absolute Gasteiger partial charge is 0.492 e. The van der Waals surface area contributed by atoms with Gasteiger partial charge in [0.15, 0.2) is 5.82 Å². The number of H-pyrrole nitrogens is 1. The maximum Gasteiger partial charge on any atom is 0.151 e. The van der Waals surface area contributed by atoms with E-state index in [1.165, 1.54) is 11.1 Å². The number of ether oxygens (including phenoxy) is 1. The Hall–Kier alpha value is -2.73. The van der Waals surface area contributed by atoms with Gasteiger partial charge in [0.05, 0.1) is 0 Å². The van der Waals surface area contributed by atoms with Gasteiger partial charge in [-0.25, -0.2) is 5.10 Å². The van der Waals surface area contributed by atoms with Crippen molar-refractivity contribution in [3.05, 3.63) is 71.5 Å². The summed E-state index contributed by atoms with van der Waals surface area (Å²) in [6, 6.07) is 19.5. The number of hydrogen-bond donors (Lipinski definition) is 1. The Morgan fingerprint density at radius 2 is 1.86 bits per heavy atom. The van der Waals surface area contributed by atoms with E-state index in [1.54, 1.807) is 0 Å². The van der Waals surface area contributed by atoms with E-state index < -0.39 is 0 Å². The minimum atomic E-state index is 0.430. The Kier molecular flexibility index (Phi) is 5.97. The van der Waals surface area contributed by atoms with Crippen LogP contribution in [-0.2, 0) is 6.42 Å². The predicted molar refractivity (Wildman–Crippen MR) is 108 cm³/mol. The molecule has 0 spiro atoms. The molecule has 1 saturated heterocycles. The van der Waals surface area contributed by atoms with Crippen molar-refractivity contribution < 1.29 is 4.74 Å². The van der Waals surface area contributed by atoms with Crippen LogP contribution in [0.3, 0.4) is 0 Å². The van der Waals surface area contributed by atoms with Gasteiger partial charge in [-0.1, -0.05) is 42.5 Å². The predicted octanol–water partition coefficient (Wildman–Crippen LogP) is 3.44. The Morgan fingerprint density at radius 1 is 1.07 bits per heavy atom. The van der Waals surface area contributed by atoms with Crippen LogP contribution in [0.25, 0.3) is 0 Å². The third-order valence-corrected chi connectivity index (χ3v) is 5.58. The van der Waals surface area contributed by atoms with Crippen LogP contribution in [0.4, 0.5) is 0 Å². The summed E-state index contributed by atoms with van der Waals surface area (Å²) in [4.78, 5) is 2.49. The van der Waals surface area contributed by atoms with Crippen LogP contribution >= 0.6 is 0 Å². The number of nitrogens with one attached hydrogen (secondary N) is 1. The second kappa shape index (κ2) is 8.97. The van der Waals surface area contributed by atoms with Crippen molar-refractivity contribution >= 4 is 0 Å². The van der Waals surface area contributed by atoms with Gasteiger partial charge in [-0.2, -0.15) is 0 Å². The number of aromatic nitrogens is 4. The summed E-state index contributed by atoms with van der Waals surface area (Å²) in [6.07, 6.45) is 3.11. The molecular weight excluding hydrogens is 350 g/mol. The average Bonchev–Trinajstić information content (AvgIpc) is 3.26. The highest BCUT2D eigenvalue weighted by atomic mass is 16.5. The van der Waals surface area contributed by atoms with Crippen LogP contribution in [0, 0.1) is 0 Å². The van der Waals surface area contributed by atoms with E-state index in [9.17, 15) is 0 Å².